The Kier molecular flexibility index (Phi) is 7.54. The Hall–Kier alpha value is -4.36. The summed E-state index contributed by atoms with van der Waals surface area (Å²) in [5.74, 6) is 2.28. The molecule has 0 amide bonds. The van der Waals surface area contributed by atoms with Gasteiger partial charge in [0.2, 0.25) is 0 Å². The fourth-order valence-corrected chi connectivity index (χ4v) is 13.1. The Labute approximate surface area is 323 Å². The molecule has 0 radical (unpaired) electrons. The number of hydrogen-bond donors (Lipinski definition) is 0. The minimum absolute atomic E-state index is 0.0283. The third kappa shape index (κ3) is 4.63. The summed E-state index contributed by atoms with van der Waals surface area (Å²) in [5.41, 5.74) is 20.4. The highest BCUT2D eigenvalue weighted by molar-refractivity contribution is 5.87. The number of rotatable bonds is 4. The van der Waals surface area contributed by atoms with Crippen LogP contribution in [-0.2, 0) is 5.41 Å². The third-order valence-electron chi connectivity index (χ3n) is 15.6. The molecule has 1 aromatic carbocycles. The van der Waals surface area contributed by atoms with Gasteiger partial charge in [0.25, 0.3) is 0 Å². The van der Waals surface area contributed by atoms with Crippen LogP contribution < -0.4 is 0 Å². The predicted octanol–water partition coefficient (Wildman–Crippen LogP) is 13.2. The van der Waals surface area contributed by atoms with E-state index in [2.05, 4.69) is 141 Å². The molecule has 0 aromatic heterocycles. The van der Waals surface area contributed by atoms with Gasteiger partial charge in [0.1, 0.15) is 0 Å². The van der Waals surface area contributed by atoms with Crippen LogP contribution in [0.15, 0.2) is 171 Å². The van der Waals surface area contributed by atoms with Gasteiger partial charge >= 0.3 is 0 Å². The third-order valence-corrected chi connectivity index (χ3v) is 15.6. The van der Waals surface area contributed by atoms with Crippen molar-refractivity contribution in [3.8, 4) is 0 Å². The first-order valence-corrected chi connectivity index (χ1v) is 21.4. The van der Waals surface area contributed by atoms with Gasteiger partial charge in [-0.15, -0.1) is 0 Å². The molecular formula is C53H55N. The molecule has 0 heterocycles. The Morgan fingerprint density at radius 3 is 2.44 bits per heavy atom. The predicted molar refractivity (Wildman–Crippen MR) is 225 cm³/mol. The topological polar surface area (TPSA) is 3.24 Å². The number of fused-ring (bicyclic) bond motifs is 11. The lowest BCUT2D eigenvalue weighted by Gasteiger charge is -2.43. The van der Waals surface area contributed by atoms with E-state index in [0.29, 0.717) is 29.7 Å². The molecule has 272 valence electrons. The highest BCUT2D eigenvalue weighted by atomic mass is 15.2. The van der Waals surface area contributed by atoms with Crippen molar-refractivity contribution in [2.45, 2.75) is 103 Å². The van der Waals surface area contributed by atoms with E-state index in [4.69, 9.17) is 0 Å². The lowest BCUT2D eigenvalue weighted by Crippen LogP contribution is -2.38. The quantitative estimate of drug-likeness (QED) is 0.282. The van der Waals surface area contributed by atoms with Crippen molar-refractivity contribution in [2.24, 2.45) is 29.1 Å². The van der Waals surface area contributed by atoms with Crippen LogP contribution >= 0.6 is 0 Å². The van der Waals surface area contributed by atoms with Gasteiger partial charge in [0, 0.05) is 16.8 Å². The average molecular weight is 706 g/mol. The fraction of sp³-hybridized carbons (Fsp3) is 0.396. The molecule has 1 spiro atoms. The maximum Gasteiger partial charge on any atom is 0.0557 e. The molecule has 6 atom stereocenters. The van der Waals surface area contributed by atoms with Gasteiger partial charge in [-0.1, -0.05) is 123 Å². The fourth-order valence-electron chi connectivity index (χ4n) is 13.1. The number of benzene rings is 1. The molecule has 11 rings (SSSR count). The molecule has 0 aliphatic heterocycles. The molecule has 6 unspecified atom stereocenters. The first-order valence-electron chi connectivity index (χ1n) is 21.4. The van der Waals surface area contributed by atoms with Gasteiger partial charge < -0.3 is 4.90 Å². The first-order chi connectivity index (χ1) is 26.4. The van der Waals surface area contributed by atoms with Gasteiger partial charge in [-0.25, -0.2) is 0 Å². The largest absolute Gasteiger partial charge is 0.338 e. The smallest absolute Gasteiger partial charge is 0.0557 e. The maximum atomic E-state index is 2.82. The summed E-state index contributed by atoms with van der Waals surface area (Å²) in [6, 6.07) is 9.88. The lowest BCUT2D eigenvalue weighted by molar-refractivity contribution is 0.281. The second kappa shape index (κ2) is 12.3. The van der Waals surface area contributed by atoms with E-state index >= 15 is 0 Å². The van der Waals surface area contributed by atoms with Crippen LogP contribution in [-0.4, -0.2) is 10.9 Å². The molecular weight excluding hydrogens is 651 g/mol. The summed E-state index contributed by atoms with van der Waals surface area (Å²) in [6.07, 6.45) is 50.6. The van der Waals surface area contributed by atoms with Crippen LogP contribution in [0.1, 0.15) is 103 Å². The average Bonchev–Trinajstić information content (AvgIpc) is 3.77. The van der Waals surface area contributed by atoms with Crippen molar-refractivity contribution in [3.05, 3.63) is 183 Å². The Morgan fingerprint density at radius 1 is 0.759 bits per heavy atom. The van der Waals surface area contributed by atoms with Crippen molar-refractivity contribution < 1.29 is 0 Å². The highest BCUT2D eigenvalue weighted by Crippen LogP contribution is 2.69. The summed E-state index contributed by atoms with van der Waals surface area (Å²) < 4.78 is 0. The van der Waals surface area contributed by atoms with Crippen LogP contribution in [0.2, 0.25) is 0 Å². The Bertz CT molecular complexity index is 2270. The van der Waals surface area contributed by atoms with Crippen molar-refractivity contribution in [1.29, 1.82) is 0 Å². The summed E-state index contributed by atoms with van der Waals surface area (Å²) in [6.45, 7) is 7.30. The van der Waals surface area contributed by atoms with E-state index in [-0.39, 0.29) is 10.8 Å². The van der Waals surface area contributed by atoms with Crippen LogP contribution in [0.4, 0.5) is 0 Å². The van der Waals surface area contributed by atoms with E-state index in [1.54, 1.807) is 39.0 Å². The molecule has 0 N–H and O–H groups in total. The number of nitrogens with zero attached hydrogens (tertiary/aromatic N) is 1. The summed E-state index contributed by atoms with van der Waals surface area (Å²) in [7, 11) is 0. The molecule has 1 aromatic rings. The lowest BCUT2D eigenvalue weighted by atomic mass is 9.63. The van der Waals surface area contributed by atoms with Gasteiger partial charge in [0.15, 0.2) is 0 Å². The van der Waals surface area contributed by atoms with Crippen LogP contribution in [0.25, 0.3) is 5.57 Å². The van der Waals surface area contributed by atoms with Crippen LogP contribution in [0, 0.1) is 29.1 Å². The van der Waals surface area contributed by atoms with Crippen molar-refractivity contribution in [1.82, 2.24) is 4.90 Å². The zero-order valence-electron chi connectivity index (χ0n) is 32.6. The number of hydrogen-bond acceptors (Lipinski definition) is 1. The standard InChI is InChI=1S/C53H55N/c1-34-20-22-35(23-21-34)36-24-26-37(27-25-36)54(38-28-30-44-40-12-4-8-16-46(40)52(2,3)50(44)32-38)39-29-31-45-43-15-7-11-19-49(43)53(51(45)33-39)47-17-9-5-13-41(47)42-14-6-10-18-48(42)53/h5,7-10,13,15-18,20,22,24-26,28-30,33,37,43,45,49-50H,4,6,11-12,14,19,21,23,27,31-32H2,1-3H3. The summed E-state index contributed by atoms with van der Waals surface area (Å²) >= 11 is 0. The Morgan fingerprint density at radius 2 is 1.61 bits per heavy atom. The monoisotopic (exact) mass is 705 g/mol. The molecule has 0 bridgehead atoms. The van der Waals surface area contributed by atoms with Gasteiger partial charge in [0.05, 0.1) is 6.04 Å². The number of allylic oxidation sites excluding steroid dienone is 23. The van der Waals surface area contributed by atoms with Gasteiger partial charge in [-0.3, -0.25) is 0 Å². The van der Waals surface area contributed by atoms with E-state index in [1.165, 1.54) is 72.2 Å². The minimum Gasteiger partial charge on any atom is -0.338 e. The second-order valence-electron chi connectivity index (χ2n) is 18.4. The second-order valence-corrected chi connectivity index (χ2v) is 18.4. The van der Waals surface area contributed by atoms with Crippen LogP contribution in [0.3, 0.4) is 0 Å². The van der Waals surface area contributed by atoms with Gasteiger partial charge in [-0.05, 0) is 175 Å². The molecule has 1 heteroatoms. The van der Waals surface area contributed by atoms with Crippen LogP contribution in [0.5, 0.6) is 0 Å². The zero-order chi connectivity index (χ0) is 36.2. The molecule has 10 aliphatic carbocycles. The van der Waals surface area contributed by atoms with E-state index in [1.807, 2.05) is 0 Å². The van der Waals surface area contributed by atoms with Gasteiger partial charge in [-0.2, -0.15) is 0 Å². The summed E-state index contributed by atoms with van der Waals surface area (Å²) in [4.78, 5) is 2.82. The van der Waals surface area contributed by atoms with E-state index in [9.17, 15) is 0 Å². The molecule has 10 aliphatic rings. The SMILES string of the molecule is CC1=CC=C(C2=CCC(N(C3=CCC4C(=C3)C3(C5=C(CCC=C5)c5ccccc53)C3CCC=CC43)C3=CC=C4C5=C(C=CCC5)C(C)(C)C4C3)C=C2)CC1. The zero-order valence-corrected chi connectivity index (χ0v) is 32.6. The highest BCUT2D eigenvalue weighted by Gasteiger charge is 2.62. The molecule has 1 nitrogen and oxygen atoms in total. The molecule has 1 fully saturated rings. The van der Waals surface area contributed by atoms with Crippen molar-refractivity contribution in [2.75, 3.05) is 0 Å². The van der Waals surface area contributed by atoms with E-state index in [0.717, 1.165) is 32.1 Å². The molecule has 0 saturated heterocycles. The van der Waals surface area contributed by atoms with E-state index < -0.39 is 0 Å². The van der Waals surface area contributed by atoms with Crippen molar-refractivity contribution >= 4 is 5.57 Å². The normalized spacial score (nSPS) is 33.8. The summed E-state index contributed by atoms with van der Waals surface area (Å²) in [5, 5.41) is 0. The minimum atomic E-state index is -0.0283. The maximum absolute atomic E-state index is 2.82. The molecule has 54 heavy (non-hydrogen) atoms. The molecule has 1 saturated carbocycles. The first kappa shape index (κ1) is 33.0. The van der Waals surface area contributed by atoms with Crippen molar-refractivity contribution in [3.63, 3.8) is 0 Å². The Balaban J connectivity index is 1.04.